The monoisotopic (exact) mass is 291 g/mol. The summed E-state index contributed by atoms with van der Waals surface area (Å²) in [6.07, 6.45) is 1.03. The maximum Gasteiger partial charge on any atom is 0.259 e. The molecule has 0 aliphatic heterocycles. The molecule has 2 rings (SSSR count). The molecule has 0 saturated carbocycles. The Morgan fingerprint density at radius 2 is 2.00 bits per heavy atom. The van der Waals surface area contributed by atoms with E-state index in [1.807, 2.05) is 6.92 Å². The van der Waals surface area contributed by atoms with Crippen molar-refractivity contribution in [2.75, 3.05) is 17.2 Å². The van der Waals surface area contributed by atoms with Gasteiger partial charge < -0.3 is 10.6 Å². The van der Waals surface area contributed by atoms with Gasteiger partial charge in [0.1, 0.15) is 17.5 Å². The van der Waals surface area contributed by atoms with Gasteiger partial charge in [-0.3, -0.25) is 4.79 Å². The topological polar surface area (TPSA) is 54.0 Å². The molecule has 4 nitrogen and oxygen atoms in total. The first-order chi connectivity index (χ1) is 10.0. The highest BCUT2D eigenvalue weighted by Gasteiger charge is 2.15. The second-order valence-electron chi connectivity index (χ2n) is 4.49. The van der Waals surface area contributed by atoms with Crippen molar-refractivity contribution in [1.82, 2.24) is 4.98 Å². The van der Waals surface area contributed by atoms with Crippen LogP contribution in [0, 0.1) is 18.6 Å². The largest absolute Gasteiger partial charge is 0.370 e. The Bertz CT molecular complexity index is 674. The number of amides is 1. The molecule has 2 N–H and O–H groups in total. The van der Waals surface area contributed by atoms with Gasteiger partial charge in [0.15, 0.2) is 0 Å². The third kappa shape index (κ3) is 3.53. The number of nitrogens with zero attached hydrogens (tertiary/aromatic N) is 1. The van der Waals surface area contributed by atoms with Crippen LogP contribution in [0.15, 0.2) is 30.5 Å². The van der Waals surface area contributed by atoms with Gasteiger partial charge in [-0.25, -0.2) is 13.8 Å². The maximum atomic E-state index is 13.3. The average molecular weight is 291 g/mol. The number of halogens is 2. The molecule has 0 spiro atoms. The molecule has 0 saturated heterocycles. The highest BCUT2D eigenvalue weighted by atomic mass is 19.1. The second kappa shape index (κ2) is 6.30. The number of nitrogens with one attached hydrogen (secondary N) is 2. The van der Waals surface area contributed by atoms with Gasteiger partial charge in [0.25, 0.3) is 5.91 Å². The van der Waals surface area contributed by atoms with Crippen molar-refractivity contribution in [3.8, 4) is 0 Å². The number of aromatic nitrogens is 1. The number of hydrogen-bond donors (Lipinski definition) is 2. The molecule has 0 bridgehead atoms. The quantitative estimate of drug-likeness (QED) is 0.908. The number of aryl methyl sites for hydroxylation is 1. The van der Waals surface area contributed by atoms with E-state index in [2.05, 4.69) is 15.6 Å². The third-order valence-corrected chi connectivity index (χ3v) is 2.89. The van der Waals surface area contributed by atoms with Crippen molar-refractivity contribution in [2.45, 2.75) is 13.8 Å². The zero-order valence-corrected chi connectivity index (χ0v) is 11.7. The molecule has 0 radical (unpaired) electrons. The molecule has 0 atom stereocenters. The summed E-state index contributed by atoms with van der Waals surface area (Å²) in [4.78, 5) is 16.1. The minimum absolute atomic E-state index is 0.0699. The zero-order valence-electron chi connectivity index (χ0n) is 11.7. The molecule has 1 amide bonds. The van der Waals surface area contributed by atoms with Crippen LogP contribution in [0.2, 0.25) is 0 Å². The minimum atomic E-state index is -0.613. The highest BCUT2D eigenvalue weighted by molar-refractivity contribution is 6.07. The molecule has 21 heavy (non-hydrogen) atoms. The third-order valence-electron chi connectivity index (χ3n) is 2.89. The second-order valence-corrected chi connectivity index (χ2v) is 4.49. The van der Waals surface area contributed by atoms with Gasteiger partial charge in [-0.15, -0.1) is 0 Å². The van der Waals surface area contributed by atoms with E-state index in [0.717, 1.165) is 12.3 Å². The molecule has 0 unspecified atom stereocenters. The summed E-state index contributed by atoms with van der Waals surface area (Å²) in [5.41, 5.74) is 1.12. The summed E-state index contributed by atoms with van der Waals surface area (Å²) in [5, 5.41) is 5.45. The molecule has 1 aromatic carbocycles. The van der Waals surface area contributed by atoms with E-state index < -0.39 is 17.5 Å². The van der Waals surface area contributed by atoms with Crippen LogP contribution in [0.25, 0.3) is 0 Å². The normalized spacial score (nSPS) is 10.3. The van der Waals surface area contributed by atoms with Crippen molar-refractivity contribution in [1.29, 1.82) is 0 Å². The van der Waals surface area contributed by atoms with Crippen LogP contribution in [0.4, 0.5) is 20.3 Å². The van der Waals surface area contributed by atoms with E-state index in [1.165, 1.54) is 12.1 Å². The van der Waals surface area contributed by atoms with E-state index >= 15 is 0 Å². The van der Waals surface area contributed by atoms with Crippen LogP contribution >= 0.6 is 0 Å². The van der Waals surface area contributed by atoms with Gasteiger partial charge in [-0.1, -0.05) is 6.07 Å². The van der Waals surface area contributed by atoms with Gasteiger partial charge in [-0.2, -0.15) is 0 Å². The lowest BCUT2D eigenvalue weighted by Crippen LogP contribution is -2.17. The number of pyridine rings is 1. The number of hydrogen-bond acceptors (Lipinski definition) is 3. The minimum Gasteiger partial charge on any atom is -0.370 e. The zero-order chi connectivity index (χ0) is 15.4. The van der Waals surface area contributed by atoms with Gasteiger partial charge in [0, 0.05) is 12.2 Å². The summed E-state index contributed by atoms with van der Waals surface area (Å²) in [6.45, 7) is 4.12. The van der Waals surface area contributed by atoms with E-state index in [4.69, 9.17) is 0 Å². The molecule has 1 aromatic heterocycles. The predicted molar refractivity (Wildman–Crippen MR) is 77.4 cm³/mol. The van der Waals surface area contributed by atoms with Crippen molar-refractivity contribution < 1.29 is 13.6 Å². The van der Waals surface area contributed by atoms with Crippen molar-refractivity contribution >= 4 is 17.4 Å². The molecule has 2 aromatic rings. The van der Waals surface area contributed by atoms with Crippen LogP contribution in [0.3, 0.4) is 0 Å². The molecule has 110 valence electrons. The van der Waals surface area contributed by atoms with E-state index in [9.17, 15) is 13.6 Å². The fourth-order valence-electron chi connectivity index (χ4n) is 1.84. The Morgan fingerprint density at radius 1 is 1.24 bits per heavy atom. The Balaban J connectivity index is 2.31. The summed E-state index contributed by atoms with van der Waals surface area (Å²) >= 11 is 0. The van der Waals surface area contributed by atoms with Gasteiger partial charge in [0.2, 0.25) is 0 Å². The molecule has 6 heteroatoms. The fourth-order valence-corrected chi connectivity index (χ4v) is 1.84. The average Bonchev–Trinajstić information content (AvgIpc) is 2.45. The van der Waals surface area contributed by atoms with Gasteiger partial charge in [0.05, 0.1) is 11.8 Å². The standard InChI is InChI=1S/C15H15F2N3O/c1-3-18-14-12(6-11(17)8-19-14)15(21)20-13-7-10(16)5-4-9(13)2/h4-8H,3H2,1-2H3,(H,18,19)(H,20,21). The summed E-state index contributed by atoms with van der Waals surface area (Å²) in [6, 6.07) is 5.17. The fraction of sp³-hybridized carbons (Fsp3) is 0.200. The molecule has 0 fully saturated rings. The van der Waals surface area contributed by atoms with Crippen LogP contribution in [0.5, 0.6) is 0 Å². The number of benzene rings is 1. The lowest BCUT2D eigenvalue weighted by atomic mass is 10.1. The van der Waals surface area contributed by atoms with Crippen LogP contribution in [0.1, 0.15) is 22.8 Å². The van der Waals surface area contributed by atoms with E-state index in [0.29, 0.717) is 17.8 Å². The number of carbonyl (C=O) groups is 1. The Kier molecular flexibility index (Phi) is 4.47. The maximum absolute atomic E-state index is 13.3. The molecular formula is C15H15F2N3O. The van der Waals surface area contributed by atoms with Crippen LogP contribution in [-0.4, -0.2) is 17.4 Å². The first-order valence-electron chi connectivity index (χ1n) is 6.48. The van der Waals surface area contributed by atoms with Crippen LogP contribution in [-0.2, 0) is 0 Å². The number of anilines is 2. The highest BCUT2D eigenvalue weighted by Crippen LogP contribution is 2.19. The van der Waals surface area contributed by atoms with Gasteiger partial charge >= 0.3 is 0 Å². The lowest BCUT2D eigenvalue weighted by Gasteiger charge is -2.12. The number of carbonyl (C=O) groups excluding carboxylic acids is 1. The molecule has 0 aliphatic rings. The summed E-state index contributed by atoms with van der Waals surface area (Å²) in [7, 11) is 0. The van der Waals surface area contributed by atoms with E-state index in [-0.39, 0.29) is 11.4 Å². The number of rotatable bonds is 4. The summed E-state index contributed by atoms with van der Waals surface area (Å²) in [5.74, 6) is -1.34. The van der Waals surface area contributed by atoms with Gasteiger partial charge in [-0.05, 0) is 37.6 Å². The Morgan fingerprint density at radius 3 is 2.71 bits per heavy atom. The van der Waals surface area contributed by atoms with Crippen molar-refractivity contribution in [3.63, 3.8) is 0 Å². The van der Waals surface area contributed by atoms with Crippen LogP contribution < -0.4 is 10.6 Å². The predicted octanol–water partition coefficient (Wildman–Crippen LogP) is 3.35. The summed E-state index contributed by atoms with van der Waals surface area (Å²) < 4.78 is 26.5. The molecule has 1 heterocycles. The first kappa shape index (κ1) is 14.9. The van der Waals surface area contributed by atoms with Crippen molar-refractivity contribution in [3.05, 3.63) is 53.2 Å². The first-order valence-corrected chi connectivity index (χ1v) is 6.48. The Hall–Kier alpha value is -2.50. The molecule has 0 aliphatic carbocycles. The lowest BCUT2D eigenvalue weighted by molar-refractivity contribution is 0.102. The molecular weight excluding hydrogens is 276 g/mol. The Labute approximate surface area is 121 Å². The van der Waals surface area contributed by atoms with Crippen molar-refractivity contribution in [2.24, 2.45) is 0 Å². The van der Waals surface area contributed by atoms with E-state index in [1.54, 1.807) is 13.0 Å². The SMILES string of the molecule is CCNc1ncc(F)cc1C(=O)Nc1cc(F)ccc1C. The smallest absolute Gasteiger partial charge is 0.259 e.